The molecule has 1 aliphatic carbocycles. The minimum absolute atomic E-state index is 0.0582. The first-order chi connectivity index (χ1) is 7.59. The third kappa shape index (κ3) is 5.34. The molecule has 16 heavy (non-hydrogen) atoms. The first-order valence-electron chi connectivity index (χ1n) is 7.27. The van der Waals surface area contributed by atoms with Crippen LogP contribution in [0.3, 0.4) is 0 Å². The van der Waals surface area contributed by atoms with Gasteiger partial charge in [0, 0.05) is 0 Å². The molecule has 0 saturated heterocycles. The summed E-state index contributed by atoms with van der Waals surface area (Å²) in [7, 11) is 0. The van der Waals surface area contributed by atoms with Gasteiger partial charge in [0.15, 0.2) is 0 Å². The lowest BCUT2D eigenvalue weighted by Crippen LogP contribution is -2.19. The van der Waals surface area contributed by atoms with Crippen LogP contribution in [0.4, 0.5) is 0 Å². The molecule has 1 saturated carbocycles. The van der Waals surface area contributed by atoms with Crippen LogP contribution in [0.1, 0.15) is 72.1 Å². The lowest BCUT2D eigenvalue weighted by molar-refractivity contribution is 0.0925. The Bertz CT molecular complexity index is 178. The quantitative estimate of drug-likeness (QED) is 0.649. The smallest absolute Gasteiger partial charge is 0.0565 e. The Balaban J connectivity index is 2.41. The van der Waals surface area contributed by atoms with Gasteiger partial charge < -0.3 is 5.11 Å². The van der Waals surface area contributed by atoms with E-state index in [-0.39, 0.29) is 6.10 Å². The van der Waals surface area contributed by atoms with E-state index in [0.717, 1.165) is 18.3 Å². The zero-order valence-corrected chi connectivity index (χ0v) is 11.4. The van der Waals surface area contributed by atoms with Crippen molar-refractivity contribution in [3.05, 3.63) is 0 Å². The van der Waals surface area contributed by atoms with Crippen molar-refractivity contribution >= 4 is 0 Å². The van der Waals surface area contributed by atoms with E-state index in [1.165, 1.54) is 44.9 Å². The zero-order valence-electron chi connectivity index (χ0n) is 11.4. The van der Waals surface area contributed by atoms with Gasteiger partial charge in [-0.1, -0.05) is 52.9 Å². The van der Waals surface area contributed by atoms with Crippen molar-refractivity contribution in [2.75, 3.05) is 0 Å². The van der Waals surface area contributed by atoms with Gasteiger partial charge in [0.05, 0.1) is 6.10 Å². The standard InChI is InChI=1S/C15H30O/c1-12-6-4-7-13(2)10-11-15(16)14(3)9-5-8-12/h12-16H,4-11H2,1-3H3. The van der Waals surface area contributed by atoms with Crippen LogP contribution in [0.5, 0.6) is 0 Å². The summed E-state index contributed by atoms with van der Waals surface area (Å²) in [6, 6.07) is 0. The van der Waals surface area contributed by atoms with Crippen molar-refractivity contribution in [2.45, 2.75) is 78.2 Å². The molecular formula is C15H30O. The molecule has 1 fully saturated rings. The van der Waals surface area contributed by atoms with Crippen LogP contribution in [0.25, 0.3) is 0 Å². The topological polar surface area (TPSA) is 20.2 Å². The van der Waals surface area contributed by atoms with E-state index >= 15 is 0 Å². The molecule has 96 valence electrons. The highest BCUT2D eigenvalue weighted by atomic mass is 16.3. The number of rotatable bonds is 0. The second-order valence-corrected chi connectivity index (χ2v) is 6.19. The van der Waals surface area contributed by atoms with E-state index in [1.807, 2.05) is 0 Å². The van der Waals surface area contributed by atoms with Crippen LogP contribution in [-0.2, 0) is 0 Å². The average Bonchev–Trinajstić information content (AvgIpc) is 2.24. The van der Waals surface area contributed by atoms with Gasteiger partial charge in [0.25, 0.3) is 0 Å². The normalized spacial score (nSPS) is 39.8. The molecule has 1 nitrogen and oxygen atoms in total. The van der Waals surface area contributed by atoms with Crippen LogP contribution in [0.15, 0.2) is 0 Å². The monoisotopic (exact) mass is 226 g/mol. The molecular weight excluding hydrogens is 196 g/mol. The summed E-state index contributed by atoms with van der Waals surface area (Å²) in [6.45, 7) is 6.94. The van der Waals surface area contributed by atoms with Gasteiger partial charge in [-0.3, -0.25) is 0 Å². The van der Waals surface area contributed by atoms with Gasteiger partial charge in [0.2, 0.25) is 0 Å². The molecule has 0 spiro atoms. The van der Waals surface area contributed by atoms with Crippen LogP contribution >= 0.6 is 0 Å². The van der Waals surface area contributed by atoms with Gasteiger partial charge in [0.1, 0.15) is 0 Å². The molecule has 0 bridgehead atoms. The van der Waals surface area contributed by atoms with E-state index in [4.69, 9.17) is 0 Å². The molecule has 4 unspecified atom stereocenters. The third-order valence-corrected chi connectivity index (χ3v) is 4.36. The first-order valence-corrected chi connectivity index (χ1v) is 7.27. The van der Waals surface area contributed by atoms with E-state index in [0.29, 0.717) is 5.92 Å². The third-order valence-electron chi connectivity index (χ3n) is 4.36. The summed E-state index contributed by atoms with van der Waals surface area (Å²) in [6.07, 6.45) is 10.2. The summed E-state index contributed by atoms with van der Waals surface area (Å²) >= 11 is 0. The molecule has 4 atom stereocenters. The van der Waals surface area contributed by atoms with Crippen molar-refractivity contribution in [1.29, 1.82) is 0 Å². The van der Waals surface area contributed by atoms with Gasteiger partial charge in [-0.05, 0) is 37.0 Å². The van der Waals surface area contributed by atoms with Gasteiger partial charge in [-0.2, -0.15) is 0 Å². The average molecular weight is 226 g/mol. The second-order valence-electron chi connectivity index (χ2n) is 6.19. The van der Waals surface area contributed by atoms with Crippen molar-refractivity contribution < 1.29 is 5.11 Å². The lowest BCUT2D eigenvalue weighted by atomic mass is 9.86. The van der Waals surface area contributed by atoms with Gasteiger partial charge in [-0.25, -0.2) is 0 Å². The Hall–Kier alpha value is -0.0400. The molecule has 0 aromatic carbocycles. The molecule has 0 aromatic rings. The maximum absolute atomic E-state index is 10.0. The Labute approximate surface area is 102 Å². The summed E-state index contributed by atoms with van der Waals surface area (Å²) in [5, 5.41) is 10.0. The molecule has 0 amide bonds. The highest BCUT2D eigenvalue weighted by molar-refractivity contribution is 4.69. The van der Waals surface area contributed by atoms with Crippen molar-refractivity contribution in [2.24, 2.45) is 17.8 Å². The van der Waals surface area contributed by atoms with Crippen LogP contribution in [-0.4, -0.2) is 11.2 Å². The molecule has 1 N–H and O–H groups in total. The van der Waals surface area contributed by atoms with Crippen LogP contribution in [0, 0.1) is 17.8 Å². The molecule has 0 aromatic heterocycles. The predicted octanol–water partition coefficient (Wildman–Crippen LogP) is 4.39. The number of aliphatic hydroxyl groups is 1. The SMILES string of the molecule is CC1CCCC(C)CCC(O)C(C)CCC1. The van der Waals surface area contributed by atoms with E-state index < -0.39 is 0 Å². The first kappa shape index (κ1) is 14.0. The molecule has 1 heteroatoms. The summed E-state index contributed by atoms with van der Waals surface area (Å²) in [4.78, 5) is 0. The van der Waals surface area contributed by atoms with Crippen LogP contribution in [0.2, 0.25) is 0 Å². The number of hydrogen-bond donors (Lipinski definition) is 1. The van der Waals surface area contributed by atoms with Crippen LogP contribution < -0.4 is 0 Å². The summed E-state index contributed by atoms with van der Waals surface area (Å²) in [5.41, 5.74) is 0. The molecule has 1 aliphatic rings. The van der Waals surface area contributed by atoms with Crippen molar-refractivity contribution in [3.63, 3.8) is 0 Å². The molecule has 0 heterocycles. The molecule has 1 rings (SSSR count). The van der Waals surface area contributed by atoms with Crippen molar-refractivity contribution in [3.8, 4) is 0 Å². The maximum atomic E-state index is 10.0. The maximum Gasteiger partial charge on any atom is 0.0565 e. The predicted molar refractivity (Wildman–Crippen MR) is 70.4 cm³/mol. The minimum atomic E-state index is -0.0582. The highest BCUT2D eigenvalue weighted by Gasteiger charge is 2.17. The fraction of sp³-hybridized carbons (Fsp3) is 1.00. The Morgan fingerprint density at radius 1 is 0.688 bits per heavy atom. The Morgan fingerprint density at radius 3 is 1.81 bits per heavy atom. The largest absolute Gasteiger partial charge is 0.393 e. The summed E-state index contributed by atoms with van der Waals surface area (Å²) < 4.78 is 0. The minimum Gasteiger partial charge on any atom is -0.393 e. The van der Waals surface area contributed by atoms with Gasteiger partial charge in [-0.15, -0.1) is 0 Å². The lowest BCUT2D eigenvalue weighted by Gasteiger charge is -2.23. The second kappa shape index (κ2) is 7.32. The van der Waals surface area contributed by atoms with Crippen molar-refractivity contribution in [1.82, 2.24) is 0 Å². The molecule has 0 aliphatic heterocycles. The fourth-order valence-electron chi connectivity index (χ4n) is 2.82. The number of aliphatic hydroxyl groups excluding tert-OH is 1. The zero-order chi connectivity index (χ0) is 12.0. The Kier molecular flexibility index (Phi) is 6.41. The highest BCUT2D eigenvalue weighted by Crippen LogP contribution is 2.25. The van der Waals surface area contributed by atoms with E-state index in [9.17, 15) is 5.11 Å². The fourth-order valence-corrected chi connectivity index (χ4v) is 2.82. The molecule has 0 radical (unpaired) electrons. The number of hydrogen-bond acceptors (Lipinski definition) is 1. The summed E-state index contributed by atoms with van der Waals surface area (Å²) in [5.74, 6) is 2.18. The van der Waals surface area contributed by atoms with Gasteiger partial charge >= 0.3 is 0 Å². The Morgan fingerprint density at radius 2 is 1.19 bits per heavy atom. The van der Waals surface area contributed by atoms with E-state index in [2.05, 4.69) is 20.8 Å². The van der Waals surface area contributed by atoms with E-state index in [1.54, 1.807) is 0 Å².